The smallest absolute Gasteiger partial charge is 0.254 e. The summed E-state index contributed by atoms with van der Waals surface area (Å²) in [6.07, 6.45) is 1.84. The highest BCUT2D eigenvalue weighted by atomic mass is 19.1. The van der Waals surface area contributed by atoms with Crippen LogP contribution in [0.15, 0.2) is 60.7 Å². The number of methoxy groups -OCH3 is 1. The number of fused-ring (bicyclic) bond motifs is 1. The lowest BCUT2D eigenvalue weighted by Crippen LogP contribution is -2.45. The zero-order chi connectivity index (χ0) is 27.4. The number of imidazole rings is 1. The number of ether oxygens (including phenoxy) is 2. The quantitative estimate of drug-likeness (QED) is 0.346. The first kappa shape index (κ1) is 24.7. The molecule has 0 spiro atoms. The number of carbonyl (C=O) groups excluding carboxylic acids is 1. The molecule has 1 amide bonds. The first-order valence-corrected chi connectivity index (χ1v) is 13.6. The Balaban J connectivity index is 1.38. The van der Waals surface area contributed by atoms with Gasteiger partial charge in [0.05, 0.1) is 30.4 Å². The van der Waals surface area contributed by atoms with Crippen LogP contribution in [-0.4, -0.2) is 57.8 Å². The van der Waals surface area contributed by atoms with Crippen molar-refractivity contribution in [1.82, 2.24) is 19.0 Å². The number of likely N-dealkylation sites (tertiary alicyclic amines) is 1. The molecule has 2 aliphatic rings. The fourth-order valence-electron chi connectivity index (χ4n) is 5.99. The van der Waals surface area contributed by atoms with Crippen molar-refractivity contribution in [3.05, 3.63) is 77.6 Å². The number of benzene rings is 3. The van der Waals surface area contributed by atoms with Crippen LogP contribution < -0.4 is 15.2 Å². The van der Waals surface area contributed by atoms with Gasteiger partial charge in [-0.1, -0.05) is 12.1 Å². The van der Waals surface area contributed by atoms with Crippen LogP contribution in [0.2, 0.25) is 0 Å². The van der Waals surface area contributed by atoms with Crippen LogP contribution in [-0.2, 0) is 13.1 Å². The third-order valence-electron chi connectivity index (χ3n) is 7.97. The van der Waals surface area contributed by atoms with Crippen molar-refractivity contribution in [2.24, 2.45) is 5.73 Å². The summed E-state index contributed by atoms with van der Waals surface area (Å²) in [5.74, 6) is 1.90. The van der Waals surface area contributed by atoms with Gasteiger partial charge in [0, 0.05) is 42.7 Å². The largest absolute Gasteiger partial charge is 0.497 e. The second-order valence-corrected chi connectivity index (χ2v) is 10.6. The van der Waals surface area contributed by atoms with Crippen molar-refractivity contribution in [3.8, 4) is 23.0 Å². The summed E-state index contributed by atoms with van der Waals surface area (Å²) in [6.45, 7) is 2.89. The van der Waals surface area contributed by atoms with Gasteiger partial charge in [-0.15, -0.1) is 0 Å². The monoisotopic (exact) mass is 539 g/mol. The summed E-state index contributed by atoms with van der Waals surface area (Å²) in [5.41, 5.74) is 11.2. The van der Waals surface area contributed by atoms with E-state index in [0.717, 1.165) is 52.1 Å². The first-order chi connectivity index (χ1) is 19.5. The predicted molar refractivity (Wildman–Crippen MR) is 151 cm³/mol. The van der Waals surface area contributed by atoms with Crippen molar-refractivity contribution in [2.45, 2.75) is 32.0 Å². The summed E-state index contributed by atoms with van der Waals surface area (Å²) in [5, 5.41) is 1.04. The maximum Gasteiger partial charge on any atom is 0.254 e. The van der Waals surface area contributed by atoms with Gasteiger partial charge in [0.15, 0.2) is 5.82 Å². The number of halogens is 1. The minimum absolute atomic E-state index is 0.00324. The second kappa shape index (κ2) is 9.67. The highest BCUT2D eigenvalue weighted by Gasteiger charge is 2.28. The van der Waals surface area contributed by atoms with Crippen LogP contribution in [0.25, 0.3) is 33.5 Å². The number of rotatable bonds is 5. The molecule has 1 atom stereocenters. The van der Waals surface area contributed by atoms with E-state index in [4.69, 9.17) is 20.2 Å². The minimum Gasteiger partial charge on any atom is -0.497 e. The number of nitrogens with zero attached hydrogens (tertiary/aromatic N) is 4. The number of hydrogen-bond acceptors (Lipinski definition) is 5. The number of nitrogens with two attached hydrogens (primary N) is 1. The number of carbonyl (C=O) groups is 1. The zero-order valence-corrected chi connectivity index (χ0v) is 22.3. The molecule has 1 saturated heterocycles. The van der Waals surface area contributed by atoms with Crippen molar-refractivity contribution in [1.29, 1.82) is 0 Å². The maximum atomic E-state index is 13.7. The Kier molecular flexibility index (Phi) is 5.96. The molecule has 0 aliphatic carbocycles. The molecule has 3 aromatic carbocycles. The minimum atomic E-state index is -0.267. The number of piperidine rings is 1. The maximum absolute atomic E-state index is 13.7. The van der Waals surface area contributed by atoms with Crippen LogP contribution in [0.1, 0.15) is 28.8 Å². The number of hydrogen-bond donors (Lipinski definition) is 1. The molecule has 0 bridgehead atoms. The molecular weight excluding hydrogens is 509 g/mol. The molecule has 0 radical (unpaired) electrons. The molecule has 5 aromatic rings. The molecule has 2 aliphatic heterocycles. The van der Waals surface area contributed by atoms with E-state index in [9.17, 15) is 9.18 Å². The zero-order valence-electron chi connectivity index (χ0n) is 22.3. The Labute approximate surface area is 230 Å². The van der Waals surface area contributed by atoms with Crippen LogP contribution in [0, 0.1) is 5.82 Å². The van der Waals surface area contributed by atoms with Crippen molar-refractivity contribution >= 4 is 27.8 Å². The van der Waals surface area contributed by atoms with E-state index in [1.807, 2.05) is 35.2 Å². The molecule has 8 nitrogen and oxygen atoms in total. The van der Waals surface area contributed by atoms with E-state index >= 15 is 0 Å². The third kappa shape index (κ3) is 4.17. The molecule has 204 valence electrons. The highest BCUT2D eigenvalue weighted by molar-refractivity contribution is 6.00. The number of amides is 1. The molecule has 9 heteroatoms. The Morgan fingerprint density at radius 1 is 1.12 bits per heavy atom. The van der Waals surface area contributed by atoms with Gasteiger partial charge in [0.1, 0.15) is 29.4 Å². The summed E-state index contributed by atoms with van der Waals surface area (Å²) in [6, 6.07) is 18.4. The first-order valence-electron chi connectivity index (χ1n) is 13.6. The molecule has 1 unspecified atom stereocenters. The normalized spacial score (nSPS) is 16.9. The lowest BCUT2D eigenvalue weighted by molar-refractivity contribution is 0.0708. The van der Waals surface area contributed by atoms with Crippen LogP contribution in [0.4, 0.5) is 4.39 Å². The van der Waals surface area contributed by atoms with Crippen molar-refractivity contribution in [3.63, 3.8) is 0 Å². The molecular formula is C31H30FN5O3. The summed E-state index contributed by atoms with van der Waals surface area (Å²) < 4.78 is 29.6. The summed E-state index contributed by atoms with van der Waals surface area (Å²) in [7, 11) is 1.65. The van der Waals surface area contributed by atoms with Crippen LogP contribution >= 0.6 is 0 Å². The predicted octanol–water partition coefficient (Wildman–Crippen LogP) is 4.81. The van der Waals surface area contributed by atoms with Gasteiger partial charge in [-0.2, -0.15) is 0 Å². The van der Waals surface area contributed by atoms with Crippen molar-refractivity contribution < 1.29 is 18.7 Å². The van der Waals surface area contributed by atoms with E-state index in [-0.39, 0.29) is 17.8 Å². The Morgan fingerprint density at radius 3 is 2.77 bits per heavy atom. The highest BCUT2D eigenvalue weighted by Crippen LogP contribution is 2.38. The van der Waals surface area contributed by atoms with Crippen LogP contribution in [0.3, 0.4) is 0 Å². The van der Waals surface area contributed by atoms with E-state index in [1.165, 1.54) is 12.1 Å². The fourth-order valence-corrected chi connectivity index (χ4v) is 5.99. The van der Waals surface area contributed by atoms with Gasteiger partial charge in [-0.25, -0.2) is 9.37 Å². The van der Waals surface area contributed by atoms with Gasteiger partial charge >= 0.3 is 0 Å². The molecule has 40 heavy (non-hydrogen) atoms. The molecule has 1 fully saturated rings. The summed E-state index contributed by atoms with van der Waals surface area (Å²) >= 11 is 0. The van der Waals surface area contributed by atoms with Gasteiger partial charge < -0.3 is 29.2 Å². The third-order valence-corrected chi connectivity index (χ3v) is 7.97. The average molecular weight is 540 g/mol. The van der Waals surface area contributed by atoms with Gasteiger partial charge in [-0.3, -0.25) is 4.79 Å². The van der Waals surface area contributed by atoms with Crippen LogP contribution in [0.5, 0.6) is 11.5 Å². The number of aromatic nitrogens is 3. The van der Waals surface area contributed by atoms with E-state index in [0.29, 0.717) is 49.6 Å². The standard InChI is InChI=1S/C31H30FN5O3/c1-39-24-9-6-20-14-27(37(26(20)16-24)17-19-4-7-22(32)8-5-19)30-34-25-13-21(15-28-29(25)36(30)11-12-40-28)31(38)35-10-2-3-23(33)18-35/h4-9,13-16,23H,2-3,10-12,17-18,33H2,1H3. The molecule has 2 N–H and O–H groups in total. The molecule has 2 aromatic heterocycles. The van der Waals surface area contributed by atoms with Gasteiger partial charge in [0.2, 0.25) is 0 Å². The Hall–Kier alpha value is -4.37. The second-order valence-electron chi connectivity index (χ2n) is 10.6. The topological polar surface area (TPSA) is 87.5 Å². The van der Waals surface area contributed by atoms with E-state index < -0.39 is 0 Å². The molecule has 7 rings (SSSR count). The lowest BCUT2D eigenvalue weighted by Gasteiger charge is -2.31. The average Bonchev–Trinajstić information content (AvgIpc) is 3.52. The SMILES string of the molecule is COc1ccc2cc(-c3nc4cc(C(=O)N5CCCC(N)C5)cc5c4n3CCO5)n(Cc3ccc(F)cc3)c2c1. The lowest BCUT2D eigenvalue weighted by atomic mass is 10.0. The van der Waals surface area contributed by atoms with Gasteiger partial charge in [0.25, 0.3) is 5.91 Å². The Bertz CT molecular complexity index is 1760. The molecule has 0 saturated carbocycles. The molecule has 4 heterocycles. The van der Waals surface area contributed by atoms with E-state index in [2.05, 4.69) is 15.2 Å². The van der Waals surface area contributed by atoms with Crippen molar-refractivity contribution in [2.75, 3.05) is 26.8 Å². The van der Waals surface area contributed by atoms with E-state index in [1.54, 1.807) is 19.2 Å². The Morgan fingerprint density at radius 2 is 1.98 bits per heavy atom. The fraction of sp³-hybridized carbons (Fsp3) is 0.290. The van der Waals surface area contributed by atoms with Gasteiger partial charge in [-0.05, 0) is 60.9 Å². The summed E-state index contributed by atoms with van der Waals surface area (Å²) in [4.78, 5) is 20.4.